The number of aromatic nitrogens is 2. The highest BCUT2D eigenvalue weighted by atomic mass is 35.5. The van der Waals surface area contributed by atoms with Crippen LogP contribution in [-0.2, 0) is 4.79 Å². The molecule has 1 aliphatic carbocycles. The molecule has 2 aromatic rings. The van der Waals surface area contributed by atoms with Crippen molar-refractivity contribution in [3.63, 3.8) is 0 Å². The Bertz CT molecular complexity index is 889. The molecule has 0 amide bonds. The minimum Gasteiger partial charge on any atom is -0.289 e. The summed E-state index contributed by atoms with van der Waals surface area (Å²) in [5.74, 6) is -0.0523. The quantitative estimate of drug-likeness (QED) is 0.744. The Morgan fingerprint density at radius 3 is 2.88 bits per heavy atom. The van der Waals surface area contributed by atoms with Gasteiger partial charge in [-0.05, 0) is 36.8 Å². The molecular weight excluding hydrogens is 343 g/mol. The van der Waals surface area contributed by atoms with Gasteiger partial charge in [-0.1, -0.05) is 59.6 Å². The molecule has 0 atom stereocenters. The van der Waals surface area contributed by atoms with Crippen LogP contribution in [0.25, 0.3) is 17.3 Å². The summed E-state index contributed by atoms with van der Waals surface area (Å²) >= 11 is 11.9. The molecule has 3 nitrogen and oxygen atoms in total. The minimum absolute atomic E-state index is 0.0523. The second kappa shape index (κ2) is 7.47. The van der Waals surface area contributed by atoms with E-state index in [4.69, 9.17) is 23.2 Å². The third-order valence-corrected chi connectivity index (χ3v) is 4.23. The fourth-order valence-electron chi connectivity index (χ4n) is 2.23. The van der Waals surface area contributed by atoms with Gasteiger partial charge in [-0.15, -0.1) is 0 Å². The summed E-state index contributed by atoms with van der Waals surface area (Å²) in [6.07, 6.45) is 13.6. The third kappa shape index (κ3) is 3.94. The number of H-pyrrole nitrogens is 1. The summed E-state index contributed by atoms with van der Waals surface area (Å²) in [6.45, 7) is 0. The number of benzene rings is 1. The molecule has 5 heteroatoms. The van der Waals surface area contributed by atoms with Crippen LogP contribution in [-0.4, -0.2) is 16.0 Å². The molecule has 0 unspecified atom stereocenters. The summed E-state index contributed by atoms with van der Waals surface area (Å²) in [6, 6.07) is 7.18. The van der Waals surface area contributed by atoms with Gasteiger partial charge in [0.25, 0.3) is 0 Å². The van der Waals surface area contributed by atoms with Gasteiger partial charge in [-0.2, -0.15) is 5.10 Å². The van der Waals surface area contributed by atoms with E-state index in [1.165, 1.54) is 6.08 Å². The van der Waals surface area contributed by atoms with E-state index in [2.05, 4.69) is 10.2 Å². The molecule has 1 N–H and O–H groups in total. The Morgan fingerprint density at radius 1 is 1.17 bits per heavy atom. The lowest BCUT2D eigenvalue weighted by Gasteiger charge is -1.98. The first-order valence-electron chi connectivity index (χ1n) is 7.40. The summed E-state index contributed by atoms with van der Waals surface area (Å²) in [4.78, 5) is 12.2. The zero-order valence-electron chi connectivity index (χ0n) is 12.7. The van der Waals surface area contributed by atoms with E-state index in [9.17, 15) is 4.79 Å². The number of hydrogen-bond donors (Lipinski definition) is 1. The highest BCUT2D eigenvalue weighted by Crippen LogP contribution is 2.27. The normalized spacial score (nSPS) is 14.0. The maximum absolute atomic E-state index is 12.2. The predicted molar refractivity (Wildman–Crippen MR) is 99.1 cm³/mol. The van der Waals surface area contributed by atoms with Crippen molar-refractivity contribution in [2.75, 3.05) is 0 Å². The zero-order chi connectivity index (χ0) is 16.9. The number of aromatic amines is 1. The first-order chi connectivity index (χ1) is 11.6. The number of carbonyl (C=O) groups excluding carboxylic acids is 1. The van der Waals surface area contributed by atoms with Gasteiger partial charge in [0, 0.05) is 11.1 Å². The predicted octanol–water partition coefficient (Wildman–Crippen LogP) is 5.41. The standard InChI is InChI=1S/C19H14Cl2N2O/c20-16-9-7-14(11-17(16)21)18-12-15(22-23-18)8-10-19(24)13-5-3-1-2-4-6-13/h1,3-12H,2H2,(H,22,23). The highest BCUT2D eigenvalue weighted by Gasteiger charge is 2.06. The van der Waals surface area contributed by atoms with Crippen molar-refractivity contribution in [3.05, 3.63) is 82.0 Å². The molecule has 0 saturated heterocycles. The number of nitrogens with zero attached hydrogens (tertiary/aromatic N) is 1. The molecule has 3 rings (SSSR count). The van der Waals surface area contributed by atoms with E-state index in [1.807, 2.05) is 42.5 Å². The number of carbonyl (C=O) groups is 1. The van der Waals surface area contributed by atoms with E-state index in [-0.39, 0.29) is 5.78 Å². The Labute approximate surface area is 150 Å². The molecule has 0 fully saturated rings. The number of halogens is 2. The zero-order valence-corrected chi connectivity index (χ0v) is 14.2. The third-order valence-electron chi connectivity index (χ3n) is 3.49. The maximum Gasteiger partial charge on any atom is 0.185 e. The van der Waals surface area contributed by atoms with Gasteiger partial charge >= 0.3 is 0 Å². The van der Waals surface area contributed by atoms with Crippen LogP contribution >= 0.6 is 23.2 Å². The van der Waals surface area contributed by atoms with E-state index in [1.54, 1.807) is 18.2 Å². The van der Waals surface area contributed by atoms with Gasteiger partial charge in [0.15, 0.2) is 5.78 Å². The van der Waals surface area contributed by atoms with Crippen LogP contribution in [0, 0.1) is 0 Å². The fraction of sp³-hybridized carbons (Fsp3) is 0.0526. The first kappa shape index (κ1) is 16.5. The number of hydrogen-bond acceptors (Lipinski definition) is 2. The van der Waals surface area contributed by atoms with Crippen LogP contribution in [0.3, 0.4) is 0 Å². The molecule has 1 heterocycles. The van der Waals surface area contributed by atoms with Gasteiger partial charge in [0.1, 0.15) is 0 Å². The smallest absolute Gasteiger partial charge is 0.185 e. The summed E-state index contributed by atoms with van der Waals surface area (Å²) in [5.41, 5.74) is 2.98. The van der Waals surface area contributed by atoms with E-state index >= 15 is 0 Å². The van der Waals surface area contributed by atoms with Crippen molar-refractivity contribution in [1.82, 2.24) is 10.2 Å². The highest BCUT2D eigenvalue weighted by molar-refractivity contribution is 6.42. The topological polar surface area (TPSA) is 45.8 Å². The summed E-state index contributed by atoms with van der Waals surface area (Å²) < 4.78 is 0. The van der Waals surface area contributed by atoms with Gasteiger partial charge in [-0.3, -0.25) is 9.89 Å². The molecule has 1 aromatic carbocycles. The van der Waals surface area contributed by atoms with Gasteiger partial charge in [0.2, 0.25) is 0 Å². The monoisotopic (exact) mass is 356 g/mol. The number of rotatable bonds is 4. The van der Waals surface area contributed by atoms with Crippen molar-refractivity contribution in [3.8, 4) is 11.3 Å². The van der Waals surface area contributed by atoms with Crippen LogP contribution < -0.4 is 0 Å². The molecular formula is C19H14Cl2N2O. The molecule has 0 bridgehead atoms. The largest absolute Gasteiger partial charge is 0.289 e. The molecule has 1 aromatic heterocycles. The average Bonchev–Trinajstić information content (AvgIpc) is 2.88. The molecule has 0 radical (unpaired) electrons. The molecule has 120 valence electrons. The van der Waals surface area contributed by atoms with Crippen molar-refractivity contribution in [1.29, 1.82) is 0 Å². The molecule has 0 saturated carbocycles. The van der Waals surface area contributed by atoms with Crippen LogP contribution in [0.5, 0.6) is 0 Å². The lowest BCUT2D eigenvalue weighted by Crippen LogP contribution is -1.94. The van der Waals surface area contributed by atoms with E-state index < -0.39 is 0 Å². The average molecular weight is 357 g/mol. The number of nitrogens with one attached hydrogen (secondary N) is 1. The van der Waals surface area contributed by atoms with Crippen molar-refractivity contribution in [2.24, 2.45) is 0 Å². The molecule has 24 heavy (non-hydrogen) atoms. The molecule has 0 spiro atoms. The second-order valence-corrected chi connectivity index (χ2v) is 6.04. The fourth-order valence-corrected chi connectivity index (χ4v) is 2.53. The van der Waals surface area contributed by atoms with Gasteiger partial charge < -0.3 is 0 Å². The maximum atomic E-state index is 12.2. The van der Waals surface area contributed by atoms with Gasteiger partial charge in [0.05, 0.1) is 21.4 Å². The van der Waals surface area contributed by atoms with Crippen molar-refractivity contribution in [2.45, 2.75) is 6.42 Å². The van der Waals surface area contributed by atoms with Crippen LogP contribution in [0.15, 0.2) is 66.3 Å². The first-order valence-corrected chi connectivity index (χ1v) is 8.16. The Kier molecular flexibility index (Phi) is 5.14. The van der Waals surface area contributed by atoms with E-state index in [0.717, 1.165) is 23.4 Å². The van der Waals surface area contributed by atoms with Crippen molar-refractivity contribution < 1.29 is 4.79 Å². The SMILES string of the molecule is O=C(C=Cc1cc(-c2ccc(Cl)c(Cl)c2)n[nH]1)C1=CC=CCC=C1. The van der Waals surface area contributed by atoms with Gasteiger partial charge in [-0.25, -0.2) is 0 Å². The lowest BCUT2D eigenvalue weighted by molar-refractivity contribution is -0.111. The van der Waals surface area contributed by atoms with Crippen LogP contribution in [0.2, 0.25) is 10.0 Å². The summed E-state index contributed by atoms with van der Waals surface area (Å²) in [5, 5.41) is 8.10. The Hall–Kier alpha value is -2.36. The molecule has 1 aliphatic rings. The Morgan fingerprint density at radius 2 is 2.04 bits per heavy atom. The summed E-state index contributed by atoms with van der Waals surface area (Å²) in [7, 11) is 0. The van der Waals surface area contributed by atoms with E-state index in [0.29, 0.717) is 15.6 Å². The number of allylic oxidation sites excluding steroid dienone is 7. The lowest BCUT2D eigenvalue weighted by atomic mass is 10.1. The Balaban J connectivity index is 1.76. The van der Waals surface area contributed by atoms with Crippen molar-refractivity contribution >= 4 is 35.1 Å². The minimum atomic E-state index is -0.0523. The molecule has 0 aliphatic heterocycles. The second-order valence-electron chi connectivity index (χ2n) is 5.22. The number of ketones is 1. The van der Waals surface area contributed by atoms with Crippen LogP contribution in [0.4, 0.5) is 0 Å². The van der Waals surface area contributed by atoms with Crippen LogP contribution in [0.1, 0.15) is 12.1 Å².